The minimum absolute atomic E-state index is 0.00356. The standard InChI is InChI=1S/C19H24N4O3S/c1-11-19(12(2)26-22-11)13-9-16-15(7-8-18(20)21-16)17(10-13)27(24,25)23-14-5-3-4-6-14/h7-10,14,18,21,23H,3-6,20H2,1-2H3. The number of fused-ring (bicyclic) bond motifs is 1. The minimum Gasteiger partial charge on any atom is -0.366 e. The van der Waals surface area contributed by atoms with E-state index in [0.29, 0.717) is 17.0 Å². The maximum Gasteiger partial charge on any atom is 0.241 e. The van der Waals surface area contributed by atoms with Gasteiger partial charge in [-0.2, -0.15) is 0 Å². The summed E-state index contributed by atoms with van der Waals surface area (Å²) < 4.78 is 34.5. The molecule has 0 bridgehead atoms. The summed E-state index contributed by atoms with van der Waals surface area (Å²) in [6.45, 7) is 3.66. The van der Waals surface area contributed by atoms with E-state index in [0.717, 1.165) is 42.5 Å². The Morgan fingerprint density at radius 2 is 2.00 bits per heavy atom. The Kier molecular flexibility index (Phi) is 4.57. The molecule has 1 atom stereocenters. The summed E-state index contributed by atoms with van der Waals surface area (Å²) in [5.74, 6) is 0.648. The molecule has 1 fully saturated rings. The first kappa shape index (κ1) is 18.2. The first-order valence-electron chi connectivity index (χ1n) is 9.19. The molecular weight excluding hydrogens is 364 g/mol. The first-order valence-corrected chi connectivity index (χ1v) is 10.7. The van der Waals surface area contributed by atoms with Crippen molar-refractivity contribution in [2.75, 3.05) is 5.32 Å². The average Bonchev–Trinajstić information content (AvgIpc) is 3.22. The molecule has 1 unspecified atom stereocenters. The summed E-state index contributed by atoms with van der Waals surface area (Å²) in [5.41, 5.74) is 9.55. The topological polar surface area (TPSA) is 110 Å². The highest BCUT2D eigenvalue weighted by atomic mass is 32.2. The normalized spacial score (nSPS) is 19.9. The third-order valence-corrected chi connectivity index (χ3v) is 6.78. The highest BCUT2D eigenvalue weighted by Crippen LogP contribution is 2.37. The van der Waals surface area contributed by atoms with E-state index in [2.05, 4.69) is 15.2 Å². The van der Waals surface area contributed by atoms with Crippen LogP contribution in [-0.4, -0.2) is 25.8 Å². The zero-order valence-corrected chi connectivity index (χ0v) is 16.3. The maximum atomic E-state index is 13.2. The fraction of sp³-hybridized carbons (Fsp3) is 0.421. The summed E-state index contributed by atoms with van der Waals surface area (Å²) in [7, 11) is -3.67. The Hall–Kier alpha value is -2.16. The van der Waals surface area contributed by atoms with Crippen LogP contribution in [0, 0.1) is 13.8 Å². The van der Waals surface area contributed by atoms with Crippen LogP contribution in [0.1, 0.15) is 42.7 Å². The molecule has 2 heterocycles. The van der Waals surface area contributed by atoms with Crippen LogP contribution in [0.3, 0.4) is 0 Å². The van der Waals surface area contributed by atoms with Gasteiger partial charge in [0.1, 0.15) is 5.76 Å². The second-order valence-corrected chi connectivity index (χ2v) is 8.95. The van der Waals surface area contributed by atoms with Gasteiger partial charge in [-0.15, -0.1) is 0 Å². The lowest BCUT2D eigenvalue weighted by atomic mass is 9.99. The third kappa shape index (κ3) is 3.40. The molecular formula is C19H24N4O3S. The number of hydrogen-bond acceptors (Lipinski definition) is 6. The van der Waals surface area contributed by atoms with E-state index in [1.807, 2.05) is 19.9 Å². The Morgan fingerprint density at radius 3 is 2.67 bits per heavy atom. The van der Waals surface area contributed by atoms with Crippen LogP contribution in [0.2, 0.25) is 0 Å². The number of sulfonamides is 1. The zero-order valence-electron chi connectivity index (χ0n) is 15.5. The Morgan fingerprint density at radius 1 is 1.26 bits per heavy atom. The van der Waals surface area contributed by atoms with Gasteiger partial charge in [0.2, 0.25) is 10.0 Å². The Bertz CT molecular complexity index is 985. The van der Waals surface area contributed by atoms with E-state index < -0.39 is 10.0 Å². The van der Waals surface area contributed by atoms with E-state index in [4.69, 9.17) is 10.3 Å². The summed E-state index contributed by atoms with van der Waals surface area (Å²) in [6, 6.07) is 3.60. The molecule has 1 aromatic carbocycles. The van der Waals surface area contributed by atoms with Gasteiger partial charge in [0, 0.05) is 22.9 Å². The molecule has 1 saturated carbocycles. The second-order valence-electron chi connectivity index (χ2n) is 7.27. The maximum absolute atomic E-state index is 13.2. The quantitative estimate of drug-likeness (QED) is 0.743. The van der Waals surface area contributed by atoms with Crippen molar-refractivity contribution in [3.05, 3.63) is 35.2 Å². The highest BCUT2D eigenvalue weighted by molar-refractivity contribution is 7.89. The first-order chi connectivity index (χ1) is 12.8. The van der Waals surface area contributed by atoms with Crippen molar-refractivity contribution in [1.82, 2.24) is 9.88 Å². The average molecular weight is 388 g/mol. The molecule has 1 aliphatic carbocycles. The van der Waals surface area contributed by atoms with Gasteiger partial charge in [-0.25, -0.2) is 13.1 Å². The molecule has 2 aromatic rings. The highest BCUT2D eigenvalue weighted by Gasteiger charge is 2.28. The molecule has 0 saturated heterocycles. The van der Waals surface area contributed by atoms with Gasteiger partial charge < -0.3 is 15.6 Å². The second kappa shape index (κ2) is 6.78. The number of benzene rings is 1. The summed E-state index contributed by atoms with van der Waals surface area (Å²) >= 11 is 0. The molecule has 1 aliphatic heterocycles. The van der Waals surface area contributed by atoms with E-state index in [1.165, 1.54) is 0 Å². The smallest absolute Gasteiger partial charge is 0.241 e. The lowest BCUT2D eigenvalue weighted by Gasteiger charge is -2.23. The van der Waals surface area contributed by atoms with Crippen LogP contribution < -0.4 is 15.8 Å². The third-order valence-electron chi connectivity index (χ3n) is 5.22. The molecule has 144 valence electrons. The van der Waals surface area contributed by atoms with Crippen LogP contribution in [0.4, 0.5) is 5.69 Å². The Labute approximate surface area is 159 Å². The molecule has 4 N–H and O–H groups in total. The summed E-state index contributed by atoms with van der Waals surface area (Å²) in [5, 5.41) is 7.15. The van der Waals surface area contributed by atoms with Gasteiger partial charge in [-0.1, -0.05) is 24.1 Å². The van der Waals surface area contributed by atoms with E-state index in [-0.39, 0.29) is 17.1 Å². The fourth-order valence-electron chi connectivity index (χ4n) is 3.93. The monoisotopic (exact) mass is 388 g/mol. The molecule has 7 nitrogen and oxygen atoms in total. The number of nitrogens with two attached hydrogens (primary N) is 1. The van der Waals surface area contributed by atoms with Crippen LogP contribution in [-0.2, 0) is 10.0 Å². The molecule has 27 heavy (non-hydrogen) atoms. The van der Waals surface area contributed by atoms with Crippen molar-refractivity contribution in [3.63, 3.8) is 0 Å². The van der Waals surface area contributed by atoms with E-state index in [1.54, 1.807) is 18.2 Å². The van der Waals surface area contributed by atoms with Crippen LogP contribution >= 0.6 is 0 Å². The lowest BCUT2D eigenvalue weighted by Crippen LogP contribution is -2.34. The lowest BCUT2D eigenvalue weighted by molar-refractivity contribution is 0.393. The summed E-state index contributed by atoms with van der Waals surface area (Å²) in [4.78, 5) is 0.248. The number of anilines is 1. The Balaban J connectivity index is 1.86. The predicted molar refractivity (Wildman–Crippen MR) is 105 cm³/mol. The number of aryl methyl sites for hydroxylation is 2. The van der Waals surface area contributed by atoms with Gasteiger partial charge in [-0.3, -0.25) is 0 Å². The van der Waals surface area contributed by atoms with Crippen LogP contribution in [0.15, 0.2) is 27.6 Å². The molecule has 4 rings (SSSR count). The fourth-order valence-corrected chi connectivity index (χ4v) is 5.49. The van der Waals surface area contributed by atoms with Crippen molar-refractivity contribution in [2.24, 2.45) is 5.73 Å². The van der Waals surface area contributed by atoms with Crippen molar-refractivity contribution in [1.29, 1.82) is 0 Å². The van der Waals surface area contributed by atoms with Gasteiger partial charge >= 0.3 is 0 Å². The molecule has 0 amide bonds. The van der Waals surface area contributed by atoms with Gasteiger partial charge in [-0.05, 0) is 50.5 Å². The largest absolute Gasteiger partial charge is 0.366 e. The van der Waals surface area contributed by atoms with Crippen molar-refractivity contribution < 1.29 is 12.9 Å². The van der Waals surface area contributed by atoms with Gasteiger partial charge in [0.25, 0.3) is 0 Å². The van der Waals surface area contributed by atoms with Crippen LogP contribution in [0.5, 0.6) is 0 Å². The molecule has 8 heteroatoms. The van der Waals surface area contributed by atoms with Crippen LogP contribution in [0.25, 0.3) is 17.2 Å². The summed E-state index contributed by atoms with van der Waals surface area (Å²) in [6.07, 6.45) is 7.04. The number of aromatic nitrogens is 1. The number of nitrogens with zero attached hydrogens (tertiary/aromatic N) is 1. The van der Waals surface area contributed by atoms with Crippen molar-refractivity contribution >= 4 is 21.8 Å². The molecule has 0 spiro atoms. The number of hydrogen-bond donors (Lipinski definition) is 3. The number of nitrogens with one attached hydrogen (secondary N) is 2. The van der Waals surface area contributed by atoms with Crippen molar-refractivity contribution in [3.8, 4) is 11.1 Å². The van der Waals surface area contributed by atoms with Gasteiger partial charge in [0.05, 0.1) is 16.8 Å². The predicted octanol–water partition coefficient (Wildman–Crippen LogP) is 2.90. The SMILES string of the molecule is Cc1noc(C)c1-c1cc2c(c(S(=O)(=O)NC3CCCC3)c1)C=CC(N)N2. The number of rotatable bonds is 4. The van der Waals surface area contributed by atoms with Gasteiger partial charge in [0.15, 0.2) is 0 Å². The minimum atomic E-state index is -3.67. The van der Waals surface area contributed by atoms with E-state index in [9.17, 15) is 8.42 Å². The zero-order chi connectivity index (χ0) is 19.2. The molecule has 1 aromatic heterocycles. The van der Waals surface area contributed by atoms with Crippen molar-refractivity contribution in [2.45, 2.75) is 56.6 Å². The molecule has 0 radical (unpaired) electrons. The van der Waals surface area contributed by atoms with E-state index >= 15 is 0 Å². The molecule has 2 aliphatic rings.